The topological polar surface area (TPSA) is 52.6 Å². The van der Waals surface area contributed by atoms with Crippen molar-refractivity contribution in [3.63, 3.8) is 0 Å². The zero-order chi connectivity index (χ0) is 32.2. The van der Waals surface area contributed by atoms with Crippen LogP contribution >= 0.6 is 11.6 Å². The third kappa shape index (κ3) is 33.3. The Balaban J connectivity index is 3.61. The van der Waals surface area contributed by atoms with Crippen LogP contribution < -0.4 is 0 Å². The minimum Gasteiger partial charge on any atom is -0.462 e. The van der Waals surface area contributed by atoms with Crippen molar-refractivity contribution in [1.82, 2.24) is 0 Å². The van der Waals surface area contributed by atoms with Crippen molar-refractivity contribution in [3.05, 3.63) is 36.5 Å². The molecule has 0 saturated heterocycles. The molecule has 0 amide bonds. The second-order valence-corrected chi connectivity index (χ2v) is 12.6. The van der Waals surface area contributed by atoms with Crippen molar-refractivity contribution in [3.8, 4) is 0 Å². The van der Waals surface area contributed by atoms with Crippen molar-refractivity contribution in [2.24, 2.45) is 0 Å². The highest BCUT2D eigenvalue weighted by atomic mass is 35.5. The summed E-state index contributed by atoms with van der Waals surface area (Å²) >= 11 is 5.96. The van der Waals surface area contributed by atoms with Gasteiger partial charge in [-0.25, -0.2) is 0 Å². The number of allylic oxidation sites excluding steroid dienone is 6. The Kier molecular flexibility index (Phi) is 34.7. The monoisotopic (exact) mass is 636 g/mol. The van der Waals surface area contributed by atoms with Gasteiger partial charge in [0.15, 0.2) is 0 Å². The van der Waals surface area contributed by atoms with Crippen LogP contribution in [-0.4, -0.2) is 30.5 Å². The number of halogens is 1. The lowest BCUT2D eigenvalue weighted by atomic mass is 10.1. The predicted octanol–water partition coefficient (Wildman–Crippen LogP) is 12.5. The third-order valence-corrected chi connectivity index (χ3v) is 8.22. The SMILES string of the molecule is CCCCC/C=C/C/C=C/CCCCCCCC(=O)O[C@H](CCl)COC(=O)CCCCCCC/C=C/CCCCCCCC. The molecule has 0 aromatic heterocycles. The summed E-state index contributed by atoms with van der Waals surface area (Å²) in [6, 6.07) is 0. The average molecular weight is 637 g/mol. The number of ether oxygens (including phenoxy) is 2. The molecule has 0 saturated carbocycles. The summed E-state index contributed by atoms with van der Waals surface area (Å²) < 4.78 is 10.8. The first-order chi connectivity index (χ1) is 21.6. The van der Waals surface area contributed by atoms with Crippen LogP contribution in [0.2, 0.25) is 0 Å². The fourth-order valence-electron chi connectivity index (χ4n) is 5.03. The van der Waals surface area contributed by atoms with Gasteiger partial charge in [-0.3, -0.25) is 9.59 Å². The molecule has 5 heteroatoms. The molecule has 0 N–H and O–H groups in total. The number of rotatable bonds is 33. The van der Waals surface area contributed by atoms with Gasteiger partial charge in [-0.05, 0) is 70.6 Å². The molecule has 0 rings (SSSR count). The Morgan fingerprint density at radius 3 is 1.41 bits per heavy atom. The van der Waals surface area contributed by atoms with E-state index in [4.69, 9.17) is 21.1 Å². The summed E-state index contributed by atoms with van der Waals surface area (Å²) in [6.45, 7) is 4.54. The molecule has 0 bridgehead atoms. The van der Waals surface area contributed by atoms with Crippen LogP contribution in [0.15, 0.2) is 36.5 Å². The molecule has 0 spiro atoms. The smallest absolute Gasteiger partial charge is 0.306 e. The van der Waals surface area contributed by atoms with E-state index in [1.54, 1.807) is 0 Å². The van der Waals surface area contributed by atoms with Crippen LogP contribution in [0.3, 0.4) is 0 Å². The number of unbranched alkanes of at least 4 members (excludes halogenated alkanes) is 19. The van der Waals surface area contributed by atoms with Gasteiger partial charge in [0.25, 0.3) is 0 Å². The fraction of sp³-hybridized carbons (Fsp3) is 0.795. The number of carbonyl (C=O) groups is 2. The predicted molar refractivity (Wildman–Crippen MR) is 190 cm³/mol. The van der Waals surface area contributed by atoms with Crippen molar-refractivity contribution in [1.29, 1.82) is 0 Å². The molecule has 0 radical (unpaired) electrons. The molecule has 4 nitrogen and oxygen atoms in total. The first-order valence-electron chi connectivity index (χ1n) is 18.5. The van der Waals surface area contributed by atoms with E-state index in [-0.39, 0.29) is 24.4 Å². The number of hydrogen-bond acceptors (Lipinski definition) is 4. The van der Waals surface area contributed by atoms with E-state index in [9.17, 15) is 9.59 Å². The van der Waals surface area contributed by atoms with Crippen LogP contribution in [0, 0.1) is 0 Å². The van der Waals surface area contributed by atoms with Crippen molar-refractivity contribution in [2.45, 2.75) is 187 Å². The standard InChI is InChI=1S/C39H69ClO4/c1-3-5-7-9-11-13-15-17-19-21-23-25-27-29-31-33-38(41)43-36-37(35-40)44-39(42)34-32-30-28-26-24-22-20-18-16-14-12-10-8-6-4-2/h12,14,17-20,37H,3-11,13,15-16,21-36H2,1-2H3/b14-12+,19-17+,20-18+/t37-/m1/s1. The lowest BCUT2D eigenvalue weighted by Gasteiger charge is -2.15. The van der Waals surface area contributed by atoms with E-state index in [2.05, 4.69) is 50.3 Å². The maximum absolute atomic E-state index is 12.2. The minimum absolute atomic E-state index is 0.0430. The largest absolute Gasteiger partial charge is 0.462 e. The molecule has 0 fully saturated rings. The van der Waals surface area contributed by atoms with E-state index in [0.717, 1.165) is 57.8 Å². The van der Waals surface area contributed by atoms with E-state index in [1.165, 1.54) is 96.3 Å². The van der Waals surface area contributed by atoms with Crippen molar-refractivity contribution >= 4 is 23.5 Å². The van der Waals surface area contributed by atoms with Crippen LogP contribution in [0.5, 0.6) is 0 Å². The fourth-order valence-corrected chi connectivity index (χ4v) is 5.19. The third-order valence-electron chi connectivity index (χ3n) is 7.87. The summed E-state index contributed by atoms with van der Waals surface area (Å²) in [7, 11) is 0. The second kappa shape index (κ2) is 35.9. The molecule has 0 aromatic carbocycles. The summed E-state index contributed by atoms with van der Waals surface area (Å²) in [4.78, 5) is 24.3. The van der Waals surface area contributed by atoms with Gasteiger partial charge in [0.2, 0.25) is 0 Å². The van der Waals surface area contributed by atoms with Gasteiger partial charge in [-0.15, -0.1) is 11.6 Å². The Bertz CT molecular complexity index is 715. The van der Waals surface area contributed by atoms with Gasteiger partial charge in [-0.1, -0.05) is 134 Å². The highest BCUT2D eigenvalue weighted by Crippen LogP contribution is 2.12. The second-order valence-electron chi connectivity index (χ2n) is 12.3. The van der Waals surface area contributed by atoms with E-state index < -0.39 is 6.10 Å². The van der Waals surface area contributed by atoms with Crippen LogP contribution in [0.4, 0.5) is 0 Å². The molecule has 0 heterocycles. The summed E-state index contributed by atoms with van der Waals surface area (Å²) in [5.74, 6) is -0.355. The Hall–Kier alpha value is -1.55. The number of hydrogen-bond donors (Lipinski definition) is 0. The molecule has 44 heavy (non-hydrogen) atoms. The number of carbonyl (C=O) groups excluding carboxylic acids is 2. The number of alkyl halides is 1. The van der Waals surface area contributed by atoms with Gasteiger partial charge < -0.3 is 9.47 Å². The lowest BCUT2D eigenvalue weighted by Crippen LogP contribution is -2.26. The highest BCUT2D eigenvalue weighted by Gasteiger charge is 2.16. The van der Waals surface area contributed by atoms with Gasteiger partial charge in [0.1, 0.15) is 12.7 Å². The molecule has 0 aliphatic rings. The summed E-state index contributed by atoms with van der Waals surface area (Å²) in [5.41, 5.74) is 0. The molecular weight excluding hydrogens is 568 g/mol. The Morgan fingerprint density at radius 1 is 0.523 bits per heavy atom. The zero-order valence-electron chi connectivity index (χ0n) is 28.9. The van der Waals surface area contributed by atoms with Crippen molar-refractivity contribution in [2.75, 3.05) is 12.5 Å². The molecule has 0 aliphatic carbocycles. The summed E-state index contributed by atoms with van der Waals surface area (Å²) in [5, 5.41) is 0. The molecule has 0 aromatic rings. The molecule has 1 atom stereocenters. The Labute approximate surface area is 277 Å². The van der Waals surface area contributed by atoms with E-state index in [1.807, 2.05) is 0 Å². The maximum atomic E-state index is 12.2. The normalized spacial score (nSPS) is 12.5. The van der Waals surface area contributed by atoms with E-state index >= 15 is 0 Å². The zero-order valence-corrected chi connectivity index (χ0v) is 29.6. The highest BCUT2D eigenvalue weighted by molar-refractivity contribution is 6.18. The van der Waals surface area contributed by atoms with Gasteiger partial charge in [-0.2, -0.15) is 0 Å². The van der Waals surface area contributed by atoms with Gasteiger partial charge >= 0.3 is 11.9 Å². The summed E-state index contributed by atoms with van der Waals surface area (Å²) in [6.07, 6.45) is 42.6. The lowest BCUT2D eigenvalue weighted by molar-refractivity contribution is -0.157. The molecule has 256 valence electrons. The molecule has 0 unspecified atom stereocenters. The van der Waals surface area contributed by atoms with E-state index in [0.29, 0.717) is 12.8 Å². The number of esters is 2. The maximum Gasteiger partial charge on any atom is 0.306 e. The average Bonchev–Trinajstić information content (AvgIpc) is 3.02. The molecular formula is C39H69ClO4. The van der Waals surface area contributed by atoms with Crippen LogP contribution in [0.1, 0.15) is 181 Å². The Morgan fingerprint density at radius 2 is 0.909 bits per heavy atom. The van der Waals surface area contributed by atoms with Gasteiger partial charge in [0.05, 0.1) is 5.88 Å². The quantitative estimate of drug-likeness (QED) is 0.0311. The first kappa shape index (κ1) is 42.5. The molecule has 0 aliphatic heterocycles. The van der Waals surface area contributed by atoms with Crippen LogP contribution in [-0.2, 0) is 19.1 Å². The van der Waals surface area contributed by atoms with Crippen molar-refractivity contribution < 1.29 is 19.1 Å². The van der Waals surface area contributed by atoms with Crippen LogP contribution in [0.25, 0.3) is 0 Å². The first-order valence-corrected chi connectivity index (χ1v) is 19.0. The minimum atomic E-state index is -0.569. The van der Waals surface area contributed by atoms with Gasteiger partial charge in [0, 0.05) is 12.8 Å².